The number of hydrogen-bond acceptors (Lipinski definition) is 3. The molecule has 1 aliphatic heterocycles. The maximum atomic E-state index is 12.5. The zero-order chi connectivity index (χ0) is 13.9. The first-order valence-electron chi connectivity index (χ1n) is 7.17. The number of hydrogen-bond donors (Lipinski definition) is 2. The van der Waals surface area contributed by atoms with E-state index in [2.05, 4.69) is 10.3 Å². The molecule has 2 aromatic rings. The summed E-state index contributed by atoms with van der Waals surface area (Å²) in [5, 5.41) is 4.29. The van der Waals surface area contributed by atoms with E-state index in [1.54, 1.807) is 7.11 Å². The summed E-state index contributed by atoms with van der Waals surface area (Å²) in [5.74, 6) is 1.53. The van der Waals surface area contributed by atoms with Crippen molar-refractivity contribution in [2.75, 3.05) is 20.2 Å². The Bertz CT molecular complexity index is 618. The molecule has 5 heteroatoms. The van der Waals surface area contributed by atoms with Gasteiger partial charge in [-0.15, -0.1) is 12.4 Å². The Morgan fingerprint density at radius 3 is 2.81 bits per heavy atom. The molecule has 1 aliphatic rings. The predicted octanol–water partition coefficient (Wildman–Crippen LogP) is 3.17. The van der Waals surface area contributed by atoms with Crippen LogP contribution >= 0.6 is 12.4 Å². The summed E-state index contributed by atoms with van der Waals surface area (Å²) in [5.41, 5.74) is 1.77. The minimum atomic E-state index is 0. The number of nitrogens with one attached hydrogen (secondary N) is 2. The van der Waals surface area contributed by atoms with Gasteiger partial charge in [-0.1, -0.05) is 0 Å². The smallest absolute Gasteiger partial charge is 0.165 e. The summed E-state index contributed by atoms with van der Waals surface area (Å²) in [6, 6.07) is 5.79. The first-order valence-corrected chi connectivity index (χ1v) is 7.17. The maximum Gasteiger partial charge on any atom is 0.165 e. The molecule has 2 N–H and O–H groups in total. The predicted molar refractivity (Wildman–Crippen MR) is 86.6 cm³/mol. The van der Waals surface area contributed by atoms with Gasteiger partial charge in [0.15, 0.2) is 5.78 Å². The summed E-state index contributed by atoms with van der Waals surface area (Å²) >= 11 is 0. The van der Waals surface area contributed by atoms with E-state index < -0.39 is 0 Å². The molecule has 1 aromatic carbocycles. The molecular formula is C16H21ClN2O2. The molecule has 114 valence electrons. The number of carbonyl (C=O) groups excluding carboxylic acids is 1. The summed E-state index contributed by atoms with van der Waals surface area (Å²) < 4.78 is 5.24. The third kappa shape index (κ3) is 3.39. The van der Waals surface area contributed by atoms with E-state index in [0.717, 1.165) is 48.1 Å². The van der Waals surface area contributed by atoms with Crippen molar-refractivity contribution in [3.05, 3.63) is 30.0 Å². The van der Waals surface area contributed by atoms with E-state index in [4.69, 9.17) is 4.74 Å². The second kappa shape index (κ2) is 6.96. The number of ether oxygens (including phenoxy) is 1. The molecule has 0 saturated carbocycles. The molecule has 1 saturated heterocycles. The zero-order valence-electron chi connectivity index (χ0n) is 12.1. The van der Waals surface area contributed by atoms with Gasteiger partial charge in [0.05, 0.1) is 7.11 Å². The normalized spacial score (nSPS) is 15.7. The largest absolute Gasteiger partial charge is 0.497 e. The van der Waals surface area contributed by atoms with Crippen LogP contribution in [-0.4, -0.2) is 31.0 Å². The fraction of sp³-hybridized carbons (Fsp3) is 0.438. The number of benzene rings is 1. The Balaban J connectivity index is 0.00000161. The lowest BCUT2D eigenvalue weighted by molar-refractivity contribution is 0.0954. The highest BCUT2D eigenvalue weighted by atomic mass is 35.5. The van der Waals surface area contributed by atoms with Gasteiger partial charge in [-0.05, 0) is 50.0 Å². The Labute approximate surface area is 130 Å². The van der Waals surface area contributed by atoms with E-state index in [-0.39, 0.29) is 18.2 Å². The standard InChI is InChI=1S/C16H20N2O2.ClH/c1-20-12-2-3-15-13(9-12)14(10-18-15)16(19)8-11-4-6-17-7-5-11;/h2-3,9-11,17-18H,4-8H2,1H3;1H. The number of ketones is 1. The lowest BCUT2D eigenvalue weighted by Crippen LogP contribution is -2.28. The maximum absolute atomic E-state index is 12.5. The number of halogens is 1. The van der Waals surface area contributed by atoms with E-state index in [1.807, 2.05) is 24.4 Å². The molecule has 2 heterocycles. The average molecular weight is 309 g/mol. The van der Waals surface area contributed by atoms with Crippen LogP contribution in [0, 0.1) is 5.92 Å². The van der Waals surface area contributed by atoms with E-state index in [9.17, 15) is 4.79 Å². The van der Waals surface area contributed by atoms with Gasteiger partial charge < -0.3 is 15.0 Å². The van der Waals surface area contributed by atoms with Crippen molar-refractivity contribution in [3.63, 3.8) is 0 Å². The van der Waals surface area contributed by atoms with Crippen LogP contribution < -0.4 is 10.1 Å². The first-order chi connectivity index (χ1) is 9.78. The second-order valence-corrected chi connectivity index (χ2v) is 5.43. The monoisotopic (exact) mass is 308 g/mol. The van der Waals surface area contributed by atoms with Gasteiger partial charge in [0.1, 0.15) is 5.75 Å². The third-order valence-corrected chi connectivity index (χ3v) is 4.12. The molecule has 0 unspecified atom stereocenters. The molecule has 0 bridgehead atoms. The Kier molecular flexibility index (Phi) is 5.26. The molecule has 0 amide bonds. The highest BCUT2D eigenvalue weighted by Crippen LogP contribution is 2.26. The van der Waals surface area contributed by atoms with Crippen LogP contribution in [0.1, 0.15) is 29.6 Å². The average Bonchev–Trinajstić information content (AvgIpc) is 2.91. The number of carbonyl (C=O) groups is 1. The summed E-state index contributed by atoms with van der Waals surface area (Å²) in [6.07, 6.45) is 4.66. The topological polar surface area (TPSA) is 54.1 Å². The van der Waals surface area contributed by atoms with Gasteiger partial charge in [0.25, 0.3) is 0 Å². The molecule has 1 fully saturated rings. The summed E-state index contributed by atoms with van der Waals surface area (Å²) in [6.45, 7) is 2.05. The van der Waals surface area contributed by atoms with Gasteiger partial charge in [-0.2, -0.15) is 0 Å². The third-order valence-electron chi connectivity index (χ3n) is 4.12. The van der Waals surface area contributed by atoms with Crippen LogP contribution in [0.3, 0.4) is 0 Å². The molecule has 0 atom stereocenters. The SMILES string of the molecule is COc1ccc2[nH]cc(C(=O)CC3CCNCC3)c2c1.Cl. The van der Waals surface area contributed by atoms with E-state index >= 15 is 0 Å². The highest BCUT2D eigenvalue weighted by molar-refractivity contribution is 6.08. The van der Waals surface area contributed by atoms with Crippen molar-refractivity contribution < 1.29 is 9.53 Å². The number of rotatable bonds is 4. The molecular weight excluding hydrogens is 288 g/mol. The Morgan fingerprint density at radius 2 is 2.10 bits per heavy atom. The fourth-order valence-electron chi connectivity index (χ4n) is 2.92. The quantitative estimate of drug-likeness (QED) is 0.853. The number of H-pyrrole nitrogens is 1. The van der Waals surface area contributed by atoms with Crippen molar-refractivity contribution in [2.45, 2.75) is 19.3 Å². The number of fused-ring (bicyclic) bond motifs is 1. The van der Waals surface area contributed by atoms with Crippen LogP contribution in [0.4, 0.5) is 0 Å². The van der Waals surface area contributed by atoms with Crippen LogP contribution in [0.15, 0.2) is 24.4 Å². The van der Waals surface area contributed by atoms with E-state index in [0.29, 0.717) is 12.3 Å². The van der Waals surface area contributed by atoms with Crippen LogP contribution in [0.5, 0.6) is 5.75 Å². The highest BCUT2D eigenvalue weighted by Gasteiger charge is 2.20. The van der Waals surface area contributed by atoms with Crippen molar-refractivity contribution in [1.82, 2.24) is 10.3 Å². The molecule has 0 spiro atoms. The van der Waals surface area contributed by atoms with Crippen LogP contribution in [-0.2, 0) is 0 Å². The number of piperidine rings is 1. The molecule has 0 aliphatic carbocycles. The molecule has 21 heavy (non-hydrogen) atoms. The number of Topliss-reactive ketones (excluding diaryl/α,β-unsaturated/α-hetero) is 1. The van der Waals surface area contributed by atoms with Gasteiger partial charge in [-0.3, -0.25) is 4.79 Å². The number of methoxy groups -OCH3 is 1. The Morgan fingerprint density at radius 1 is 1.33 bits per heavy atom. The fourth-order valence-corrected chi connectivity index (χ4v) is 2.92. The second-order valence-electron chi connectivity index (χ2n) is 5.43. The zero-order valence-corrected chi connectivity index (χ0v) is 13.0. The minimum Gasteiger partial charge on any atom is -0.497 e. The van der Waals surface area contributed by atoms with Crippen molar-refractivity contribution in [3.8, 4) is 5.75 Å². The molecule has 0 radical (unpaired) electrons. The van der Waals surface area contributed by atoms with Gasteiger partial charge in [-0.25, -0.2) is 0 Å². The van der Waals surface area contributed by atoms with Crippen LogP contribution in [0.2, 0.25) is 0 Å². The number of aromatic amines is 1. The van der Waals surface area contributed by atoms with Crippen molar-refractivity contribution >= 4 is 29.1 Å². The van der Waals surface area contributed by atoms with Crippen molar-refractivity contribution in [2.24, 2.45) is 5.92 Å². The summed E-state index contributed by atoms with van der Waals surface area (Å²) in [7, 11) is 1.64. The molecule has 3 rings (SSSR count). The molecule has 4 nitrogen and oxygen atoms in total. The first kappa shape index (κ1) is 15.9. The Hall–Kier alpha value is -1.52. The molecule has 1 aromatic heterocycles. The van der Waals surface area contributed by atoms with Gasteiger partial charge in [0, 0.05) is 29.1 Å². The lowest BCUT2D eigenvalue weighted by atomic mass is 9.90. The van der Waals surface area contributed by atoms with Crippen LogP contribution in [0.25, 0.3) is 10.9 Å². The lowest BCUT2D eigenvalue weighted by Gasteiger charge is -2.21. The van der Waals surface area contributed by atoms with E-state index in [1.165, 1.54) is 0 Å². The van der Waals surface area contributed by atoms with Gasteiger partial charge in [0.2, 0.25) is 0 Å². The summed E-state index contributed by atoms with van der Waals surface area (Å²) in [4.78, 5) is 15.7. The van der Waals surface area contributed by atoms with Gasteiger partial charge >= 0.3 is 0 Å². The minimum absolute atomic E-state index is 0. The van der Waals surface area contributed by atoms with Crippen molar-refractivity contribution in [1.29, 1.82) is 0 Å². The number of aromatic nitrogens is 1.